The van der Waals surface area contributed by atoms with Gasteiger partial charge in [-0.05, 0) is 30.7 Å². The van der Waals surface area contributed by atoms with Crippen LogP contribution in [0.25, 0.3) is 0 Å². The normalized spacial score (nSPS) is 24.4. The second kappa shape index (κ2) is 5.90. The molecule has 1 aliphatic heterocycles. The molecule has 4 heteroatoms. The predicted molar refractivity (Wildman–Crippen MR) is 76.6 cm³/mol. The molecule has 19 heavy (non-hydrogen) atoms. The number of methoxy groups -OCH3 is 1. The minimum atomic E-state index is -0.214. The number of morpholine rings is 1. The quantitative estimate of drug-likeness (QED) is 0.892. The third kappa shape index (κ3) is 2.48. The maximum absolute atomic E-state index is 6.07. The summed E-state index contributed by atoms with van der Waals surface area (Å²) in [5, 5.41) is 0. The van der Waals surface area contributed by atoms with Crippen LogP contribution in [0.15, 0.2) is 18.2 Å². The van der Waals surface area contributed by atoms with Crippen LogP contribution in [0, 0.1) is 0 Å². The number of aryl methyl sites for hydroxylation is 1. The second-order valence-corrected chi connectivity index (χ2v) is 5.09. The molecule has 1 heterocycles. The Kier molecular flexibility index (Phi) is 4.45. The van der Waals surface area contributed by atoms with Crippen LogP contribution < -0.4 is 10.5 Å². The molecule has 0 aromatic heterocycles. The van der Waals surface area contributed by atoms with Crippen LogP contribution in [0.3, 0.4) is 0 Å². The molecule has 2 rings (SSSR count). The van der Waals surface area contributed by atoms with Crippen molar-refractivity contribution in [3.05, 3.63) is 29.3 Å². The Labute approximate surface area is 115 Å². The Balaban J connectivity index is 2.43. The topological polar surface area (TPSA) is 47.7 Å². The standard InChI is InChI=1S/C15H24N2O2/c1-4-12-9-13(5-6-14(12)18-3)15(10-16)11-19-8-7-17(15)2/h5-6,9H,4,7-8,10-11,16H2,1-3H3. The highest BCUT2D eigenvalue weighted by Crippen LogP contribution is 2.32. The molecule has 2 N–H and O–H groups in total. The lowest BCUT2D eigenvalue weighted by molar-refractivity contribution is -0.0549. The fourth-order valence-electron chi connectivity index (χ4n) is 2.75. The Bertz CT molecular complexity index is 436. The molecule has 0 spiro atoms. The van der Waals surface area contributed by atoms with Crippen molar-refractivity contribution in [3.8, 4) is 5.75 Å². The van der Waals surface area contributed by atoms with Crippen molar-refractivity contribution in [2.45, 2.75) is 18.9 Å². The number of ether oxygens (including phenoxy) is 2. The van der Waals surface area contributed by atoms with Gasteiger partial charge in [-0.15, -0.1) is 0 Å². The summed E-state index contributed by atoms with van der Waals surface area (Å²) in [5.74, 6) is 0.942. The molecule has 0 saturated carbocycles. The zero-order valence-corrected chi connectivity index (χ0v) is 12.1. The lowest BCUT2D eigenvalue weighted by Crippen LogP contribution is -2.56. The van der Waals surface area contributed by atoms with Gasteiger partial charge in [-0.1, -0.05) is 19.1 Å². The van der Waals surface area contributed by atoms with Gasteiger partial charge in [0.25, 0.3) is 0 Å². The average molecular weight is 264 g/mol. The van der Waals surface area contributed by atoms with E-state index in [9.17, 15) is 0 Å². The zero-order valence-electron chi connectivity index (χ0n) is 12.1. The molecule has 0 aliphatic carbocycles. The summed E-state index contributed by atoms with van der Waals surface area (Å²) in [6.45, 7) is 5.02. The summed E-state index contributed by atoms with van der Waals surface area (Å²) in [7, 11) is 3.83. The van der Waals surface area contributed by atoms with Crippen molar-refractivity contribution in [2.75, 3.05) is 40.5 Å². The number of nitrogens with zero attached hydrogens (tertiary/aromatic N) is 1. The molecule has 1 atom stereocenters. The van der Waals surface area contributed by atoms with E-state index >= 15 is 0 Å². The van der Waals surface area contributed by atoms with Gasteiger partial charge < -0.3 is 15.2 Å². The molecule has 106 valence electrons. The van der Waals surface area contributed by atoms with E-state index in [1.54, 1.807) is 7.11 Å². The molecule has 0 bridgehead atoms. The fourth-order valence-corrected chi connectivity index (χ4v) is 2.75. The van der Waals surface area contributed by atoms with Crippen molar-refractivity contribution in [1.82, 2.24) is 4.90 Å². The third-order valence-electron chi connectivity index (χ3n) is 4.18. The Morgan fingerprint density at radius 2 is 2.26 bits per heavy atom. The van der Waals surface area contributed by atoms with Crippen LogP contribution in [0.5, 0.6) is 5.75 Å². The molecule has 1 aromatic rings. The molecule has 1 aromatic carbocycles. The summed E-state index contributed by atoms with van der Waals surface area (Å²) < 4.78 is 11.1. The van der Waals surface area contributed by atoms with Gasteiger partial charge in [0.15, 0.2) is 0 Å². The monoisotopic (exact) mass is 264 g/mol. The van der Waals surface area contributed by atoms with E-state index in [4.69, 9.17) is 15.2 Å². The van der Waals surface area contributed by atoms with Crippen molar-refractivity contribution in [2.24, 2.45) is 5.73 Å². The first-order valence-corrected chi connectivity index (χ1v) is 6.84. The first-order chi connectivity index (χ1) is 9.17. The van der Waals surface area contributed by atoms with E-state index in [1.807, 2.05) is 6.07 Å². The molecular formula is C15H24N2O2. The average Bonchev–Trinajstić information content (AvgIpc) is 2.47. The highest BCUT2D eigenvalue weighted by Gasteiger charge is 2.38. The molecule has 0 amide bonds. The summed E-state index contributed by atoms with van der Waals surface area (Å²) >= 11 is 0. The zero-order chi connectivity index (χ0) is 13.9. The summed E-state index contributed by atoms with van der Waals surface area (Å²) in [5.41, 5.74) is 8.29. The lowest BCUT2D eigenvalue weighted by atomic mass is 9.86. The fraction of sp³-hybridized carbons (Fsp3) is 0.600. The molecule has 1 fully saturated rings. The minimum absolute atomic E-state index is 0.214. The van der Waals surface area contributed by atoms with Crippen LogP contribution in [0.4, 0.5) is 0 Å². The van der Waals surface area contributed by atoms with Crippen molar-refractivity contribution >= 4 is 0 Å². The SMILES string of the molecule is CCc1cc(C2(CN)COCCN2C)ccc1OC. The van der Waals surface area contributed by atoms with E-state index in [2.05, 4.69) is 31.0 Å². The van der Waals surface area contributed by atoms with Gasteiger partial charge in [-0.2, -0.15) is 0 Å². The third-order valence-corrected chi connectivity index (χ3v) is 4.18. The highest BCUT2D eigenvalue weighted by atomic mass is 16.5. The van der Waals surface area contributed by atoms with Gasteiger partial charge in [0, 0.05) is 13.1 Å². The van der Waals surface area contributed by atoms with E-state index in [-0.39, 0.29) is 5.54 Å². The van der Waals surface area contributed by atoms with Gasteiger partial charge in [0.1, 0.15) is 5.75 Å². The van der Waals surface area contributed by atoms with Crippen LogP contribution in [0.2, 0.25) is 0 Å². The van der Waals surface area contributed by atoms with Crippen LogP contribution in [0.1, 0.15) is 18.1 Å². The minimum Gasteiger partial charge on any atom is -0.496 e. The highest BCUT2D eigenvalue weighted by molar-refractivity contribution is 5.40. The first-order valence-electron chi connectivity index (χ1n) is 6.84. The predicted octanol–water partition coefficient (Wildman–Crippen LogP) is 1.37. The van der Waals surface area contributed by atoms with E-state index in [1.165, 1.54) is 11.1 Å². The number of benzene rings is 1. The van der Waals surface area contributed by atoms with Gasteiger partial charge in [-0.3, -0.25) is 4.90 Å². The van der Waals surface area contributed by atoms with Crippen LogP contribution in [-0.2, 0) is 16.7 Å². The summed E-state index contributed by atoms with van der Waals surface area (Å²) in [6.07, 6.45) is 0.947. The summed E-state index contributed by atoms with van der Waals surface area (Å²) in [4.78, 5) is 2.30. The van der Waals surface area contributed by atoms with Crippen molar-refractivity contribution in [3.63, 3.8) is 0 Å². The van der Waals surface area contributed by atoms with E-state index < -0.39 is 0 Å². The first kappa shape index (κ1) is 14.3. The van der Waals surface area contributed by atoms with Gasteiger partial charge in [-0.25, -0.2) is 0 Å². The number of likely N-dealkylation sites (N-methyl/N-ethyl adjacent to an activating group) is 1. The number of rotatable bonds is 4. The second-order valence-electron chi connectivity index (χ2n) is 5.09. The smallest absolute Gasteiger partial charge is 0.122 e. The van der Waals surface area contributed by atoms with E-state index in [0.717, 1.165) is 25.3 Å². The van der Waals surface area contributed by atoms with Gasteiger partial charge >= 0.3 is 0 Å². The van der Waals surface area contributed by atoms with Crippen LogP contribution in [-0.4, -0.2) is 45.4 Å². The van der Waals surface area contributed by atoms with Crippen molar-refractivity contribution < 1.29 is 9.47 Å². The Morgan fingerprint density at radius 3 is 2.84 bits per heavy atom. The lowest BCUT2D eigenvalue weighted by Gasteiger charge is -2.45. The molecule has 4 nitrogen and oxygen atoms in total. The van der Waals surface area contributed by atoms with Crippen molar-refractivity contribution in [1.29, 1.82) is 0 Å². The summed E-state index contributed by atoms with van der Waals surface area (Å²) in [6, 6.07) is 6.35. The Hall–Kier alpha value is -1.10. The maximum Gasteiger partial charge on any atom is 0.122 e. The molecular weight excluding hydrogens is 240 g/mol. The maximum atomic E-state index is 6.07. The Morgan fingerprint density at radius 1 is 1.47 bits per heavy atom. The molecule has 1 aliphatic rings. The molecule has 1 unspecified atom stereocenters. The van der Waals surface area contributed by atoms with Gasteiger partial charge in [0.05, 0.1) is 25.9 Å². The number of hydrogen-bond acceptors (Lipinski definition) is 4. The van der Waals surface area contributed by atoms with Gasteiger partial charge in [0.2, 0.25) is 0 Å². The molecule has 1 saturated heterocycles. The number of hydrogen-bond donors (Lipinski definition) is 1. The molecule has 0 radical (unpaired) electrons. The largest absolute Gasteiger partial charge is 0.496 e. The number of nitrogens with two attached hydrogens (primary N) is 1. The van der Waals surface area contributed by atoms with Crippen LogP contribution >= 0.6 is 0 Å². The van der Waals surface area contributed by atoms with E-state index in [0.29, 0.717) is 13.2 Å².